The smallest absolute Gasteiger partial charge is 0.0330 e. The number of hydrogen-bond donors (Lipinski definition) is 1. The zero-order valence-corrected chi connectivity index (χ0v) is 14.1. The maximum absolute atomic E-state index is 3.76. The van der Waals surface area contributed by atoms with E-state index >= 15 is 0 Å². The highest BCUT2D eigenvalue weighted by atomic mass is 15.2. The predicted molar refractivity (Wildman–Crippen MR) is 87.2 cm³/mol. The Labute approximate surface area is 126 Å². The van der Waals surface area contributed by atoms with E-state index in [9.17, 15) is 0 Å². The number of nitrogens with one attached hydrogen (secondary N) is 1. The molecule has 2 aliphatic rings. The third-order valence-corrected chi connectivity index (χ3v) is 5.66. The van der Waals surface area contributed by atoms with Crippen molar-refractivity contribution in [3.63, 3.8) is 0 Å². The van der Waals surface area contributed by atoms with Crippen molar-refractivity contribution in [3.05, 3.63) is 0 Å². The van der Waals surface area contributed by atoms with Crippen molar-refractivity contribution in [2.24, 2.45) is 5.92 Å². The molecule has 20 heavy (non-hydrogen) atoms. The maximum atomic E-state index is 3.76. The van der Waals surface area contributed by atoms with Crippen LogP contribution >= 0.6 is 0 Å². The molecule has 3 heteroatoms. The molecular formula is C17H35N3. The lowest BCUT2D eigenvalue weighted by atomic mass is 9.75. The van der Waals surface area contributed by atoms with Crippen LogP contribution in [0.5, 0.6) is 0 Å². The predicted octanol–water partition coefficient (Wildman–Crippen LogP) is 2.57. The van der Waals surface area contributed by atoms with Crippen LogP contribution in [0.15, 0.2) is 0 Å². The average molecular weight is 281 g/mol. The molecule has 2 saturated carbocycles. The Morgan fingerprint density at radius 2 is 1.85 bits per heavy atom. The minimum atomic E-state index is 0.472. The van der Waals surface area contributed by atoms with Gasteiger partial charge in [0.1, 0.15) is 0 Å². The Morgan fingerprint density at radius 3 is 2.40 bits per heavy atom. The molecule has 0 amide bonds. The van der Waals surface area contributed by atoms with Gasteiger partial charge < -0.3 is 15.1 Å². The van der Waals surface area contributed by atoms with Crippen LogP contribution in [-0.2, 0) is 0 Å². The molecule has 0 aliphatic heterocycles. The van der Waals surface area contributed by atoms with Crippen molar-refractivity contribution in [1.82, 2.24) is 15.1 Å². The summed E-state index contributed by atoms with van der Waals surface area (Å²) in [7, 11) is 6.85. The standard InChI is InChI=1S/C17H35N3/c1-5-12-18-16-9-6-8-15(16)13-20(4)14-17(19(2)3)10-7-11-17/h15-16,18H,5-14H2,1-4H3. The Balaban J connectivity index is 1.80. The molecule has 0 spiro atoms. The monoisotopic (exact) mass is 281 g/mol. The summed E-state index contributed by atoms with van der Waals surface area (Å²) in [6.45, 7) is 5.97. The summed E-state index contributed by atoms with van der Waals surface area (Å²) in [5.41, 5.74) is 0.472. The number of hydrogen-bond acceptors (Lipinski definition) is 3. The molecule has 118 valence electrons. The Bertz CT molecular complexity index is 286. The molecule has 2 atom stereocenters. The second kappa shape index (κ2) is 7.24. The molecule has 2 unspecified atom stereocenters. The van der Waals surface area contributed by atoms with Crippen molar-refractivity contribution >= 4 is 0 Å². The first-order chi connectivity index (χ1) is 9.57. The minimum absolute atomic E-state index is 0.472. The van der Waals surface area contributed by atoms with Gasteiger partial charge in [0.15, 0.2) is 0 Å². The third kappa shape index (κ3) is 3.75. The van der Waals surface area contributed by atoms with Gasteiger partial charge >= 0.3 is 0 Å². The normalized spacial score (nSPS) is 29.1. The number of rotatable bonds is 8. The van der Waals surface area contributed by atoms with Gasteiger partial charge in [0.25, 0.3) is 0 Å². The van der Waals surface area contributed by atoms with E-state index in [1.54, 1.807) is 0 Å². The van der Waals surface area contributed by atoms with E-state index in [0.717, 1.165) is 12.0 Å². The van der Waals surface area contributed by atoms with E-state index in [-0.39, 0.29) is 0 Å². The molecule has 0 bridgehead atoms. The Morgan fingerprint density at radius 1 is 1.10 bits per heavy atom. The zero-order valence-electron chi connectivity index (χ0n) is 14.1. The van der Waals surface area contributed by atoms with E-state index in [4.69, 9.17) is 0 Å². The molecule has 1 N–H and O–H groups in total. The van der Waals surface area contributed by atoms with Crippen LogP contribution < -0.4 is 5.32 Å². The summed E-state index contributed by atoms with van der Waals surface area (Å²) in [4.78, 5) is 5.07. The van der Waals surface area contributed by atoms with Gasteiger partial charge in [-0.05, 0) is 72.1 Å². The lowest BCUT2D eigenvalue weighted by Gasteiger charge is -2.49. The van der Waals surface area contributed by atoms with Gasteiger partial charge in [-0.25, -0.2) is 0 Å². The quantitative estimate of drug-likeness (QED) is 0.738. The molecule has 0 saturated heterocycles. The fourth-order valence-corrected chi connectivity index (χ4v) is 4.15. The highest BCUT2D eigenvalue weighted by Gasteiger charge is 2.40. The highest BCUT2D eigenvalue weighted by molar-refractivity contribution is 4.98. The van der Waals surface area contributed by atoms with E-state index in [2.05, 4.69) is 43.2 Å². The fourth-order valence-electron chi connectivity index (χ4n) is 4.15. The van der Waals surface area contributed by atoms with Gasteiger partial charge in [0.05, 0.1) is 0 Å². The van der Waals surface area contributed by atoms with Crippen molar-refractivity contribution in [2.45, 2.75) is 63.5 Å². The summed E-state index contributed by atoms with van der Waals surface area (Å²) >= 11 is 0. The average Bonchev–Trinajstić information content (AvgIpc) is 2.78. The van der Waals surface area contributed by atoms with Crippen LogP contribution in [0.4, 0.5) is 0 Å². The van der Waals surface area contributed by atoms with Crippen LogP contribution in [0.3, 0.4) is 0 Å². The lowest BCUT2D eigenvalue weighted by Crippen LogP contribution is -2.57. The molecule has 3 nitrogen and oxygen atoms in total. The second-order valence-electron chi connectivity index (χ2n) is 7.42. The topological polar surface area (TPSA) is 18.5 Å². The first kappa shape index (κ1) is 16.3. The van der Waals surface area contributed by atoms with Crippen molar-refractivity contribution in [3.8, 4) is 0 Å². The molecule has 0 aromatic carbocycles. The molecule has 0 aromatic heterocycles. The number of nitrogens with zero attached hydrogens (tertiary/aromatic N) is 2. The Kier molecular flexibility index (Phi) is 5.88. The van der Waals surface area contributed by atoms with E-state index in [1.807, 2.05) is 0 Å². The minimum Gasteiger partial charge on any atom is -0.314 e. The fraction of sp³-hybridized carbons (Fsp3) is 1.00. The van der Waals surface area contributed by atoms with Gasteiger partial charge in [-0.15, -0.1) is 0 Å². The molecule has 0 radical (unpaired) electrons. The number of likely N-dealkylation sites (N-methyl/N-ethyl adjacent to an activating group) is 2. The summed E-state index contributed by atoms with van der Waals surface area (Å²) in [5.74, 6) is 0.867. The van der Waals surface area contributed by atoms with Crippen LogP contribution in [0.25, 0.3) is 0 Å². The molecular weight excluding hydrogens is 246 g/mol. The molecule has 2 rings (SSSR count). The van der Waals surface area contributed by atoms with Crippen LogP contribution in [0, 0.1) is 5.92 Å². The van der Waals surface area contributed by atoms with Crippen LogP contribution in [0.2, 0.25) is 0 Å². The zero-order chi connectivity index (χ0) is 14.6. The SMILES string of the molecule is CCCNC1CCCC1CN(C)CC1(N(C)C)CCC1. The second-order valence-corrected chi connectivity index (χ2v) is 7.42. The van der Waals surface area contributed by atoms with Crippen LogP contribution in [0.1, 0.15) is 51.9 Å². The highest BCUT2D eigenvalue weighted by Crippen LogP contribution is 2.37. The van der Waals surface area contributed by atoms with Gasteiger partial charge in [0, 0.05) is 24.7 Å². The summed E-state index contributed by atoms with van der Waals surface area (Å²) in [6.07, 6.45) is 9.65. The third-order valence-electron chi connectivity index (χ3n) is 5.66. The van der Waals surface area contributed by atoms with E-state index in [0.29, 0.717) is 5.54 Å². The largest absolute Gasteiger partial charge is 0.314 e. The van der Waals surface area contributed by atoms with Gasteiger partial charge in [0.2, 0.25) is 0 Å². The molecule has 2 fully saturated rings. The van der Waals surface area contributed by atoms with Gasteiger partial charge in [-0.3, -0.25) is 0 Å². The van der Waals surface area contributed by atoms with E-state index in [1.165, 1.54) is 64.6 Å². The van der Waals surface area contributed by atoms with E-state index < -0.39 is 0 Å². The van der Waals surface area contributed by atoms with Gasteiger partial charge in [-0.1, -0.05) is 13.3 Å². The summed E-state index contributed by atoms with van der Waals surface area (Å²) in [5, 5.41) is 3.76. The van der Waals surface area contributed by atoms with Crippen molar-refractivity contribution in [1.29, 1.82) is 0 Å². The van der Waals surface area contributed by atoms with Gasteiger partial charge in [-0.2, -0.15) is 0 Å². The maximum Gasteiger partial charge on any atom is 0.0330 e. The molecule has 2 aliphatic carbocycles. The first-order valence-corrected chi connectivity index (χ1v) is 8.67. The van der Waals surface area contributed by atoms with Crippen LogP contribution in [-0.4, -0.2) is 62.2 Å². The molecule has 0 aromatic rings. The summed E-state index contributed by atoms with van der Waals surface area (Å²) in [6, 6.07) is 0.772. The Hall–Kier alpha value is -0.120. The van der Waals surface area contributed by atoms with Crippen molar-refractivity contribution < 1.29 is 0 Å². The lowest BCUT2D eigenvalue weighted by molar-refractivity contribution is 0.0233. The van der Waals surface area contributed by atoms with Crippen molar-refractivity contribution in [2.75, 3.05) is 40.8 Å². The molecule has 0 heterocycles. The summed E-state index contributed by atoms with van der Waals surface area (Å²) < 4.78 is 0. The first-order valence-electron chi connectivity index (χ1n) is 8.67.